The highest BCUT2D eigenvalue weighted by molar-refractivity contribution is 7.93. The van der Waals surface area contributed by atoms with Crippen LogP contribution < -0.4 is 9.04 Å². The predicted molar refractivity (Wildman–Crippen MR) is 139 cm³/mol. The van der Waals surface area contributed by atoms with Crippen molar-refractivity contribution in [3.05, 3.63) is 124 Å². The van der Waals surface area contributed by atoms with Gasteiger partial charge < -0.3 is 4.74 Å². The van der Waals surface area contributed by atoms with E-state index in [1.807, 2.05) is 0 Å². The number of halogens is 2. The van der Waals surface area contributed by atoms with Gasteiger partial charge in [-0.3, -0.25) is 4.79 Å². The normalized spacial score (nSPS) is 11.1. The maximum Gasteiger partial charge on any atom is 0.343 e. The van der Waals surface area contributed by atoms with Crippen molar-refractivity contribution in [1.82, 2.24) is 0 Å². The number of ether oxygens (including phenoxy) is 1. The third-order valence-corrected chi connectivity index (χ3v) is 7.62. The van der Waals surface area contributed by atoms with Crippen LogP contribution in [0.1, 0.15) is 26.3 Å². The van der Waals surface area contributed by atoms with Gasteiger partial charge in [-0.05, 0) is 91.3 Å². The van der Waals surface area contributed by atoms with Crippen LogP contribution in [-0.4, -0.2) is 20.3 Å². The molecule has 0 radical (unpaired) electrons. The van der Waals surface area contributed by atoms with E-state index in [2.05, 4.69) is 0 Å². The molecule has 0 bridgehead atoms. The summed E-state index contributed by atoms with van der Waals surface area (Å²) in [5.74, 6) is -1.20. The van der Waals surface area contributed by atoms with Gasteiger partial charge in [0, 0.05) is 15.6 Å². The van der Waals surface area contributed by atoms with Crippen molar-refractivity contribution in [3.8, 4) is 5.75 Å². The van der Waals surface area contributed by atoms with Gasteiger partial charge in [0.05, 0.1) is 16.1 Å². The molecule has 182 valence electrons. The molecule has 0 spiro atoms. The van der Waals surface area contributed by atoms with Crippen LogP contribution in [0.4, 0.5) is 5.69 Å². The average molecular weight is 540 g/mol. The molecule has 0 unspecified atom stereocenters. The van der Waals surface area contributed by atoms with E-state index in [0.717, 1.165) is 4.31 Å². The van der Waals surface area contributed by atoms with Crippen molar-refractivity contribution >= 4 is 50.8 Å². The molecular formula is C27H19Cl2NO5S. The van der Waals surface area contributed by atoms with Gasteiger partial charge >= 0.3 is 5.97 Å². The number of rotatable bonds is 6. The summed E-state index contributed by atoms with van der Waals surface area (Å²) in [7, 11) is -4.29. The molecule has 4 aromatic carbocycles. The number of nitrogens with zero attached hydrogens (tertiary/aromatic N) is 1. The minimum atomic E-state index is -4.29. The second-order valence-electron chi connectivity index (χ2n) is 7.74. The van der Waals surface area contributed by atoms with Crippen LogP contribution in [0, 0.1) is 6.92 Å². The molecule has 4 aromatic rings. The highest BCUT2D eigenvalue weighted by atomic mass is 35.5. The van der Waals surface area contributed by atoms with E-state index in [1.54, 1.807) is 37.3 Å². The Morgan fingerprint density at radius 1 is 0.722 bits per heavy atom. The monoisotopic (exact) mass is 539 g/mol. The molecule has 4 rings (SSSR count). The molecule has 9 heteroatoms. The lowest BCUT2D eigenvalue weighted by atomic mass is 10.2. The first-order valence-corrected chi connectivity index (χ1v) is 12.8. The number of hydrogen-bond donors (Lipinski definition) is 0. The molecule has 0 aliphatic heterocycles. The Morgan fingerprint density at radius 3 is 1.81 bits per heavy atom. The second kappa shape index (κ2) is 10.5. The average Bonchev–Trinajstić information content (AvgIpc) is 2.86. The summed E-state index contributed by atoms with van der Waals surface area (Å²) in [6.07, 6.45) is 0. The molecule has 0 saturated carbocycles. The fourth-order valence-corrected chi connectivity index (χ4v) is 5.32. The summed E-state index contributed by atoms with van der Waals surface area (Å²) in [6.45, 7) is 1.65. The second-order valence-corrected chi connectivity index (χ2v) is 10.4. The Bertz CT molecular complexity index is 1520. The molecule has 36 heavy (non-hydrogen) atoms. The third kappa shape index (κ3) is 5.44. The number of anilines is 1. The van der Waals surface area contributed by atoms with Gasteiger partial charge in [-0.25, -0.2) is 13.2 Å². The lowest BCUT2D eigenvalue weighted by molar-refractivity contribution is 0.0734. The van der Waals surface area contributed by atoms with Crippen LogP contribution in [0.5, 0.6) is 5.75 Å². The zero-order valence-corrected chi connectivity index (χ0v) is 21.2. The molecule has 0 heterocycles. The molecule has 0 fully saturated rings. The number of carbonyl (C=O) groups is 2. The first-order valence-electron chi connectivity index (χ1n) is 10.7. The van der Waals surface area contributed by atoms with Crippen LogP contribution in [-0.2, 0) is 10.0 Å². The van der Waals surface area contributed by atoms with Crippen molar-refractivity contribution in [3.63, 3.8) is 0 Å². The van der Waals surface area contributed by atoms with Gasteiger partial charge in [0.1, 0.15) is 5.75 Å². The van der Waals surface area contributed by atoms with Gasteiger partial charge in [-0.1, -0.05) is 41.4 Å². The Balaban J connectivity index is 1.70. The quantitative estimate of drug-likeness (QED) is 0.205. The first-order chi connectivity index (χ1) is 17.2. The molecule has 0 aliphatic rings. The minimum Gasteiger partial charge on any atom is -0.423 e. The van der Waals surface area contributed by atoms with Crippen molar-refractivity contribution in [2.24, 2.45) is 0 Å². The number of esters is 1. The smallest absolute Gasteiger partial charge is 0.343 e. The SMILES string of the molecule is Cc1ccccc1S(=O)(=O)N(C(=O)c1ccc(Cl)cc1)c1ccc(OC(=O)c2ccc(Cl)cc2)cc1. The van der Waals surface area contributed by atoms with Gasteiger partial charge in [-0.15, -0.1) is 0 Å². The van der Waals surface area contributed by atoms with E-state index in [-0.39, 0.29) is 21.9 Å². The first kappa shape index (κ1) is 25.4. The van der Waals surface area contributed by atoms with Crippen molar-refractivity contribution < 1.29 is 22.7 Å². The molecule has 0 aromatic heterocycles. The number of hydrogen-bond acceptors (Lipinski definition) is 5. The lowest BCUT2D eigenvalue weighted by Crippen LogP contribution is -2.37. The van der Waals surface area contributed by atoms with Gasteiger partial charge in [0.2, 0.25) is 0 Å². The molecule has 0 aliphatic carbocycles. The largest absolute Gasteiger partial charge is 0.423 e. The van der Waals surface area contributed by atoms with Gasteiger partial charge in [0.25, 0.3) is 15.9 Å². The summed E-state index contributed by atoms with van der Waals surface area (Å²) >= 11 is 11.8. The summed E-state index contributed by atoms with van der Waals surface area (Å²) in [6, 6.07) is 24.1. The van der Waals surface area contributed by atoms with E-state index in [9.17, 15) is 18.0 Å². The number of benzene rings is 4. The zero-order valence-electron chi connectivity index (χ0n) is 18.9. The molecule has 6 nitrogen and oxygen atoms in total. The van der Waals surface area contributed by atoms with Crippen LogP contribution in [0.25, 0.3) is 0 Å². The highest BCUT2D eigenvalue weighted by Crippen LogP contribution is 2.30. The summed E-state index contributed by atoms with van der Waals surface area (Å²) in [5, 5.41) is 0.892. The zero-order chi connectivity index (χ0) is 25.9. The molecule has 1 amide bonds. The van der Waals surface area contributed by atoms with Crippen molar-refractivity contribution in [2.75, 3.05) is 4.31 Å². The Labute approximate surface area is 218 Å². The van der Waals surface area contributed by atoms with Crippen LogP contribution in [0.15, 0.2) is 102 Å². The topological polar surface area (TPSA) is 80.8 Å². The van der Waals surface area contributed by atoms with E-state index in [0.29, 0.717) is 21.2 Å². The summed E-state index contributed by atoms with van der Waals surface area (Å²) in [4.78, 5) is 25.9. The van der Waals surface area contributed by atoms with Crippen LogP contribution in [0.2, 0.25) is 10.0 Å². The summed E-state index contributed by atoms with van der Waals surface area (Å²) < 4.78 is 33.5. The number of amides is 1. The van der Waals surface area contributed by atoms with Gasteiger partial charge in [0.15, 0.2) is 0 Å². The fourth-order valence-electron chi connectivity index (χ4n) is 3.42. The maximum atomic E-state index is 13.7. The molecule has 0 saturated heterocycles. The Kier molecular flexibility index (Phi) is 7.45. The van der Waals surface area contributed by atoms with Gasteiger partial charge in [-0.2, -0.15) is 4.31 Å². The number of sulfonamides is 1. The Hall–Kier alpha value is -3.65. The van der Waals surface area contributed by atoms with E-state index >= 15 is 0 Å². The van der Waals surface area contributed by atoms with Crippen LogP contribution >= 0.6 is 23.2 Å². The van der Waals surface area contributed by atoms with Crippen molar-refractivity contribution in [1.29, 1.82) is 0 Å². The standard InChI is InChI=1S/C27H19Cl2NO5S/c1-18-4-2-3-5-25(18)36(33,34)30(26(31)19-6-10-21(28)11-7-19)23-14-16-24(17-15-23)35-27(32)20-8-12-22(29)13-9-20/h2-17H,1H3. The Morgan fingerprint density at radius 2 is 1.25 bits per heavy atom. The predicted octanol–water partition coefficient (Wildman–Crippen LogP) is 6.56. The molecule has 0 N–H and O–H groups in total. The number of carbonyl (C=O) groups excluding carboxylic acids is 2. The van der Waals surface area contributed by atoms with E-state index < -0.39 is 21.9 Å². The summed E-state index contributed by atoms with van der Waals surface area (Å²) in [5.41, 5.74) is 0.990. The number of aryl methyl sites for hydroxylation is 1. The third-order valence-electron chi connectivity index (χ3n) is 5.25. The molecule has 0 atom stereocenters. The van der Waals surface area contributed by atoms with E-state index in [1.165, 1.54) is 66.7 Å². The van der Waals surface area contributed by atoms with Crippen molar-refractivity contribution in [2.45, 2.75) is 11.8 Å². The van der Waals surface area contributed by atoms with Crippen LogP contribution in [0.3, 0.4) is 0 Å². The highest BCUT2D eigenvalue weighted by Gasteiger charge is 2.33. The maximum absolute atomic E-state index is 13.7. The lowest BCUT2D eigenvalue weighted by Gasteiger charge is -2.24. The minimum absolute atomic E-state index is 0.00874. The fraction of sp³-hybridized carbons (Fsp3) is 0.0370. The van der Waals surface area contributed by atoms with E-state index in [4.69, 9.17) is 27.9 Å². The molecular weight excluding hydrogens is 521 g/mol.